The van der Waals surface area contributed by atoms with Gasteiger partial charge in [-0.1, -0.05) is 30.3 Å². The number of nitrogens with two attached hydrogens (primary N) is 1. The third-order valence-corrected chi connectivity index (χ3v) is 6.01. The van der Waals surface area contributed by atoms with E-state index in [1.54, 1.807) is 7.11 Å². The third kappa shape index (κ3) is 2.23. The molecule has 0 radical (unpaired) electrons. The first-order valence-electron chi connectivity index (χ1n) is 9.24. The number of amides is 1. The molecule has 4 unspecified atom stereocenters. The molecule has 0 aliphatic carbocycles. The molecule has 8 heteroatoms. The van der Waals surface area contributed by atoms with Crippen molar-refractivity contribution in [2.45, 2.75) is 17.7 Å². The minimum absolute atomic E-state index is 0.0368. The summed E-state index contributed by atoms with van der Waals surface area (Å²) >= 11 is 0. The van der Waals surface area contributed by atoms with Gasteiger partial charge in [-0.3, -0.25) is 4.79 Å². The molecule has 5 N–H and O–H groups in total. The first-order chi connectivity index (χ1) is 14.1. The quantitative estimate of drug-likeness (QED) is 0.612. The lowest BCUT2D eigenvalue weighted by molar-refractivity contribution is -0.124. The number of ether oxygens (including phenoxy) is 2. The summed E-state index contributed by atoms with van der Waals surface area (Å²) in [4.78, 5) is 13.5. The number of rotatable bonds is 2. The van der Waals surface area contributed by atoms with Crippen molar-refractivity contribution < 1.29 is 14.3 Å². The zero-order valence-electron chi connectivity index (χ0n) is 15.6. The summed E-state index contributed by atoms with van der Waals surface area (Å²) in [6.07, 6.45) is -0.587. The van der Waals surface area contributed by atoms with Crippen LogP contribution < -0.4 is 26.6 Å². The van der Waals surface area contributed by atoms with E-state index in [4.69, 9.17) is 15.2 Å². The van der Waals surface area contributed by atoms with E-state index in [1.165, 1.54) is 0 Å². The molecule has 1 spiro atoms. The van der Waals surface area contributed by atoms with Gasteiger partial charge in [-0.05, 0) is 29.3 Å². The van der Waals surface area contributed by atoms with Gasteiger partial charge < -0.3 is 20.5 Å². The molecule has 3 aliphatic heterocycles. The normalized spacial score (nSPS) is 29.7. The summed E-state index contributed by atoms with van der Waals surface area (Å²) in [7, 11) is 1.61. The lowest BCUT2D eigenvalue weighted by atomic mass is 9.62. The Labute approximate surface area is 167 Å². The van der Waals surface area contributed by atoms with Crippen molar-refractivity contribution in [1.29, 1.82) is 5.26 Å². The number of benzene rings is 2. The summed E-state index contributed by atoms with van der Waals surface area (Å²) in [5.41, 5.74) is 13.7. The van der Waals surface area contributed by atoms with Crippen molar-refractivity contribution in [1.82, 2.24) is 10.9 Å². The van der Waals surface area contributed by atoms with Crippen molar-refractivity contribution >= 4 is 11.6 Å². The van der Waals surface area contributed by atoms with Crippen LogP contribution in [-0.2, 0) is 14.9 Å². The second-order valence-electron chi connectivity index (χ2n) is 7.26. The summed E-state index contributed by atoms with van der Waals surface area (Å²) in [6, 6.07) is 16.8. The van der Waals surface area contributed by atoms with E-state index in [-0.39, 0.29) is 23.4 Å². The SMILES string of the molecule is COc1ccc(C2NNC3OC(N)=C(C#N)C4(C(=O)Nc5ccccc54)C32)cc1. The molecule has 1 fully saturated rings. The highest BCUT2D eigenvalue weighted by Gasteiger charge is 2.65. The molecule has 1 amide bonds. The molecule has 0 saturated carbocycles. The number of carbonyl (C=O) groups excluding carboxylic acids is 1. The molecule has 8 nitrogen and oxygen atoms in total. The Morgan fingerprint density at radius 2 is 1.93 bits per heavy atom. The summed E-state index contributed by atoms with van der Waals surface area (Å²) < 4.78 is 11.1. The Bertz CT molecular complexity index is 1070. The van der Waals surface area contributed by atoms with Crippen LogP contribution in [0.3, 0.4) is 0 Å². The number of carbonyl (C=O) groups is 1. The Hall–Kier alpha value is -3.54. The highest BCUT2D eigenvalue weighted by Crippen LogP contribution is 2.56. The van der Waals surface area contributed by atoms with Gasteiger partial charge in [0.15, 0.2) is 6.23 Å². The fraction of sp³-hybridized carbons (Fsp3) is 0.238. The molecule has 0 aromatic heterocycles. The van der Waals surface area contributed by atoms with Gasteiger partial charge in [0.25, 0.3) is 0 Å². The molecular formula is C21H19N5O3. The Kier molecular flexibility index (Phi) is 3.77. The number of nitrogens with one attached hydrogen (secondary N) is 3. The van der Waals surface area contributed by atoms with Gasteiger partial charge in [0, 0.05) is 5.69 Å². The van der Waals surface area contributed by atoms with Crippen molar-refractivity contribution in [2.24, 2.45) is 11.7 Å². The number of para-hydroxylation sites is 1. The van der Waals surface area contributed by atoms with E-state index in [0.717, 1.165) is 16.9 Å². The summed E-state index contributed by atoms with van der Waals surface area (Å²) in [5, 5.41) is 12.9. The highest BCUT2D eigenvalue weighted by atomic mass is 16.5. The van der Waals surface area contributed by atoms with E-state index in [2.05, 4.69) is 22.2 Å². The average molecular weight is 389 g/mol. The van der Waals surface area contributed by atoms with Crippen LogP contribution in [0.5, 0.6) is 5.75 Å². The molecule has 1 saturated heterocycles. The Morgan fingerprint density at radius 1 is 1.17 bits per heavy atom. The first kappa shape index (κ1) is 17.6. The maximum absolute atomic E-state index is 13.5. The molecule has 5 rings (SSSR count). The topological polar surface area (TPSA) is 121 Å². The number of nitrogens with zero attached hydrogens (tertiary/aromatic N) is 1. The summed E-state index contributed by atoms with van der Waals surface area (Å²) in [6.45, 7) is 0. The zero-order valence-corrected chi connectivity index (χ0v) is 15.6. The van der Waals surface area contributed by atoms with Crippen LogP contribution >= 0.6 is 0 Å². The third-order valence-electron chi connectivity index (χ3n) is 6.01. The predicted molar refractivity (Wildman–Crippen MR) is 104 cm³/mol. The largest absolute Gasteiger partial charge is 0.497 e. The maximum Gasteiger partial charge on any atom is 0.241 e. The smallest absolute Gasteiger partial charge is 0.241 e. The fourth-order valence-electron chi connectivity index (χ4n) is 4.77. The molecule has 3 aliphatic rings. The van der Waals surface area contributed by atoms with E-state index >= 15 is 0 Å². The number of anilines is 1. The standard InChI is InChI=1S/C21H19N5O3/c1-28-12-8-6-11(7-9-12)17-16-19(26-25-17)29-18(23)14(10-22)21(16)13-4-2-3-5-15(13)24-20(21)27/h2-9,16-17,19,25-26H,23H2,1H3,(H,24,27). The average Bonchev–Trinajstić information content (AvgIpc) is 3.28. The lowest BCUT2D eigenvalue weighted by Crippen LogP contribution is -2.54. The second-order valence-corrected chi connectivity index (χ2v) is 7.26. The highest BCUT2D eigenvalue weighted by molar-refractivity contribution is 6.10. The van der Waals surface area contributed by atoms with E-state index in [0.29, 0.717) is 5.69 Å². The Balaban J connectivity index is 1.73. The number of methoxy groups -OCH3 is 1. The molecule has 2 aromatic carbocycles. The number of hydrogen-bond donors (Lipinski definition) is 4. The van der Waals surface area contributed by atoms with Gasteiger partial charge in [0.1, 0.15) is 22.8 Å². The molecule has 146 valence electrons. The van der Waals surface area contributed by atoms with Crippen LogP contribution in [-0.4, -0.2) is 19.2 Å². The van der Waals surface area contributed by atoms with Crippen LogP contribution in [0, 0.1) is 17.2 Å². The van der Waals surface area contributed by atoms with E-state index < -0.39 is 17.6 Å². The van der Waals surface area contributed by atoms with Crippen molar-refractivity contribution in [3.8, 4) is 11.8 Å². The Morgan fingerprint density at radius 3 is 2.66 bits per heavy atom. The minimum atomic E-state index is -1.26. The number of nitriles is 1. The molecule has 2 aromatic rings. The predicted octanol–water partition coefficient (Wildman–Crippen LogP) is 1.40. The number of hydrazine groups is 1. The van der Waals surface area contributed by atoms with Gasteiger partial charge in [-0.25, -0.2) is 10.9 Å². The van der Waals surface area contributed by atoms with Crippen LogP contribution in [0.15, 0.2) is 60.0 Å². The van der Waals surface area contributed by atoms with Gasteiger partial charge in [0.05, 0.1) is 19.1 Å². The van der Waals surface area contributed by atoms with E-state index in [9.17, 15) is 10.1 Å². The number of fused-ring (bicyclic) bond motifs is 4. The summed E-state index contributed by atoms with van der Waals surface area (Å²) in [5.74, 6) is -0.0241. The fourth-order valence-corrected chi connectivity index (χ4v) is 4.77. The second kappa shape index (κ2) is 6.24. The molecule has 3 heterocycles. The number of hydrogen-bond acceptors (Lipinski definition) is 7. The minimum Gasteiger partial charge on any atom is -0.497 e. The first-order valence-corrected chi connectivity index (χ1v) is 9.24. The van der Waals surface area contributed by atoms with Crippen molar-refractivity contribution in [3.05, 3.63) is 71.1 Å². The van der Waals surface area contributed by atoms with Gasteiger partial charge in [-0.15, -0.1) is 0 Å². The van der Waals surface area contributed by atoms with Crippen LogP contribution in [0.1, 0.15) is 17.2 Å². The van der Waals surface area contributed by atoms with Crippen molar-refractivity contribution in [3.63, 3.8) is 0 Å². The van der Waals surface area contributed by atoms with Gasteiger partial charge in [-0.2, -0.15) is 5.26 Å². The van der Waals surface area contributed by atoms with Crippen LogP contribution in [0.25, 0.3) is 0 Å². The zero-order chi connectivity index (χ0) is 20.2. The lowest BCUT2D eigenvalue weighted by Gasteiger charge is -2.42. The monoisotopic (exact) mass is 389 g/mol. The van der Waals surface area contributed by atoms with E-state index in [1.807, 2.05) is 48.5 Å². The van der Waals surface area contributed by atoms with Crippen LogP contribution in [0.4, 0.5) is 5.69 Å². The molecular weight excluding hydrogens is 370 g/mol. The van der Waals surface area contributed by atoms with Gasteiger partial charge in [0.2, 0.25) is 11.8 Å². The molecule has 0 bridgehead atoms. The molecule has 4 atom stereocenters. The van der Waals surface area contributed by atoms with Crippen LogP contribution in [0.2, 0.25) is 0 Å². The molecule has 29 heavy (non-hydrogen) atoms. The maximum atomic E-state index is 13.5. The van der Waals surface area contributed by atoms with Crippen molar-refractivity contribution in [2.75, 3.05) is 12.4 Å². The van der Waals surface area contributed by atoms with Gasteiger partial charge >= 0.3 is 0 Å².